The lowest BCUT2D eigenvalue weighted by Crippen LogP contribution is -2.46. The predicted molar refractivity (Wildman–Crippen MR) is 102 cm³/mol. The largest absolute Gasteiger partial charge is 0.497 e. The molecule has 8 heteroatoms. The molecule has 0 saturated carbocycles. The topological polar surface area (TPSA) is 89.1 Å². The highest BCUT2D eigenvalue weighted by molar-refractivity contribution is 5.77. The molecule has 2 rings (SSSR count). The summed E-state index contributed by atoms with van der Waals surface area (Å²) in [5.41, 5.74) is 0.814. The molecule has 0 unspecified atom stereocenters. The lowest BCUT2D eigenvalue weighted by molar-refractivity contribution is -0.121. The first-order chi connectivity index (χ1) is 13.1. The number of amides is 2. The van der Waals surface area contributed by atoms with Crippen LogP contribution in [0.1, 0.15) is 26.2 Å². The molecule has 0 spiro atoms. The minimum absolute atomic E-state index is 0.00966. The second-order valence-electron chi connectivity index (χ2n) is 6.27. The van der Waals surface area contributed by atoms with Crippen molar-refractivity contribution >= 4 is 17.7 Å². The van der Waals surface area contributed by atoms with Crippen molar-refractivity contribution in [1.82, 2.24) is 10.2 Å². The van der Waals surface area contributed by atoms with Crippen LogP contribution < -0.4 is 20.1 Å². The van der Waals surface area contributed by atoms with E-state index in [1.165, 1.54) is 0 Å². The van der Waals surface area contributed by atoms with E-state index in [0.29, 0.717) is 44.2 Å². The first-order valence-electron chi connectivity index (χ1n) is 9.24. The first kappa shape index (κ1) is 20.7. The summed E-state index contributed by atoms with van der Waals surface area (Å²) >= 11 is 0. The summed E-state index contributed by atoms with van der Waals surface area (Å²) in [7, 11) is 3.19. The highest BCUT2D eigenvalue weighted by Crippen LogP contribution is 2.28. The van der Waals surface area contributed by atoms with Gasteiger partial charge >= 0.3 is 6.09 Å². The fraction of sp³-hybridized carbons (Fsp3) is 0.579. The van der Waals surface area contributed by atoms with E-state index in [1.54, 1.807) is 32.1 Å². The molecule has 1 aromatic rings. The number of nitrogens with zero attached hydrogens (tertiary/aromatic N) is 1. The third-order valence-electron chi connectivity index (χ3n) is 4.46. The molecule has 2 amide bonds. The third-order valence-corrected chi connectivity index (χ3v) is 4.46. The van der Waals surface area contributed by atoms with Gasteiger partial charge in [0.2, 0.25) is 5.91 Å². The second kappa shape index (κ2) is 10.5. The quantitative estimate of drug-likeness (QED) is 0.720. The van der Waals surface area contributed by atoms with E-state index in [9.17, 15) is 9.59 Å². The van der Waals surface area contributed by atoms with Crippen LogP contribution in [-0.4, -0.2) is 63.4 Å². The molecule has 1 saturated heterocycles. The molecule has 1 aromatic carbocycles. The zero-order valence-electron chi connectivity index (χ0n) is 16.2. The molecule has 8 nitrogen and oxygen atoms in total. The SMILES string of the molecule is CCOC(=O)N1CCC(NC(=O)CCNc2ccc(OC)cc2OC)CC1. The molecule has 0 atom stereocenters. The Morgan fingerprint density at radius 1 is 1.19 bits per heavy atom. The molecule has 1 aliphatic heterocycles. The van der Waals surface area contributed by atoms with Gasteiger partial charge in [0.1, 0.15) is 11.5 Å². The number of methoxy groups -OCH3 is 2. The average Bonchev–Trinajstić information content (AvgIpc) is 2.68. The molecule has 0 bridgehead atoms. The van der Waals surface area contributed by atoms with Gasteiger partial charge in [0, 0.05) is 38.2 Å². The van der Waals surface area contributed by atoms with E-state index in [4.69, 9.17) is 14.2 Å². The Morgan fingerprint density at radius 2 is 1.93 bits per heavy atom. The van der Waals surface area contributed by atoms with Gasteiger partial charge in [-0.05, 0) is 31.9 Å². The van der Waals surface area contributed by atoms with Crippen LogP contribution in [0.4, 0.5) is 10.5 Å². The van der Waals surface area contributed by atoms with E-state index < -0.39 is 0 Å². The number of hydrogen-bond acceptors (Lipinski definition) is 6. The van der Waals surface area contributed by atoms with Crippen molar-refractivity contribution in [2.24, 2.45) is 0 Å². The molecule has 0 aliphatic carbocycles. The lowest BCUT2D eigenvalue weighted by atomic mass is 10.1. The Hall–Kier alpha value is -2.64. The van der Waals surface area contributed by atoms with Crippen LogP contribution in [0.5, 0.6) is 11.5 Å². The normalized spacial score (nSPS) is 14.4. The van der Waals surface area contributed by atoms with Crippen LogP contribution in [0.3, 0.4) is 0 Å². The van der Waals surface area contributed by atoms with E-state index in [-0.39, 0.29) is 18.0 Å². The number of anilines is 1. The number of benzene rings is 1. The van der Waals surface area contributed by atoms with Gasteiger partial charge in [-0.3, -0.25) is 4.79 Å². The fourth-order valence-corrected chi connectivity index (χ4v) is 2.98. The summed E-state index contributed by atoms with van der Waals surface area (Å²) in [5.74, 6) is 1.37. The Bertz CT molecular complexity index is 630. The van der Waals surface area contributed by atoms with E-state index in [1.807, 2.05) is 12.1 Å². The number of hydrogen-bond donors (Lipinski definition) is 2. The van der Waals surface area contributed by atoms with Gasteiger partial charge in [-0.15, -0.1) is 0 Å². The molecule has 1 heterocycles. The lowest BCUT2D eigenvalue weighted by Gasteiger charge is -2.31. The summed E-state index contributed by atoms with van der Waals surface area (Å²) in [6.45, 7) is 3.87. The number of nitrogens with one attached hydrogen (secondary N) is 2. The van der Waals surface area contributed by atoms with Crippen LogP contribution in [0, 0.1) is 0 Å². The van der Waals surface area contributed by atoms with Crippen LogP contribution in [-0.2, 0) is 9.53 Å². The van der Waals surface area contributed by atoms with Gasteiger partial charge in [-0.1, -0.05) is 0 Å². The number of rotatable bonds is 8. The van der Waals surface area contributed by atoms with E-state index in [0.717, 1.165) is 18.5 Å². The molecular formula is C19H29N3O5. The van der Waals surface area contributed by atoms with Gasteiger partial charge in [-0.25, -0.2) is 4.79 Å². The molecule has 0 radical (unpaired) electrons. The molecule has 27 heavy (non-hydrogen) atoms. The van der Waals surface area contributed by atoms with Crippen LogP contribution in [0.25, 0.3) is 0 Å². The number of carbonyl (C=O) groups is 2. The minimum Gasteiger partial charge on any atom is -0.497 e. The Kier molecular flexibility index (Phi) is 8.03. The highest BCUT2D eigenvalue weighted by Gasteiger charge is 2.24. The summed E-state index contributed by atoms with van der Waals surface area (Å²) in [6, 6.07) is 5.58. The maximum absolute atomic E-state index is 12.2. The Morgan fingerprint density at radius 3 is 2.56 bits per heavy atom. The fourth-order valence-electron chi connectivity index (χ4n) is 2.98. The summed E-state index contributed by atoms with van der Waals surface area (Å²) in [5, 5.41) is 6.24. The van der Waals surface area contributed by atoms with Gasteiger partial charge < -0.3 is 29.7 Å². The maximum atomic E-state index is 12.2. The summed E-state index contributed by atoms with van der Waals surface area (Å²) in [6.07, 6.45) is 1.56. The van der Waals surface area contributed by atoms with Gasteiger partial charge in [0.15, 0.2) is 0 Å². The smallest absolute Gasteiger partial charge is 0.409 e. The summed E-state index contributed by atoms with van der Waals surface area (Å²) in [4.78, 5) is 25.5. The zero-order valence-corrected chi connectivity index (χ0v) is 16.2. The molecule has 2 N–H and O–H groups in total. The van der Waals surface area contributed by atoms with Crippen molar-refractivity contribution in [3.8, 4) is 11.5 Å². The van der Waals surface area contributed by atoms with Gasteiger partial charge in [0.05, 0.1) is 26.5 Å². The molecule has 1 aliphatic rings. The van der Waals surface area contributed by atoms with E-state index in [2.05, 4.69) is 10.6 Å². The van der Waals surface area contributed by atoms with Crippen LogP contribution in [0.2, 0.25) is 0 Å². The first-order valence-corrected chi connectivity index (χ1v) is 9.24. The standard InChI is InChI=1S/C19H29N3O5/c1-4-27-19(24)22-11-8-14(9-12-22)21-18(23)7-10-20-16-6-5-15(25-2)13-17(16)26-3/h5-6,13-14,20H,4,7-12H2,1-3H3,(H,21,23). The van der Waals surface area contributed by atoms with Crippen molar-refractivity contribution in [1.29, 1.82) is 0 Å². The predicted octanol–water partition coefficient (Wildman–Crippen LogP) is 2.24. The van der Waals surface area contributed by atoms with Gasteiger partial charge in [-0.2, -0.15) is 0 Å². The van der Waals surface area contributed by atoms with Crippen LogP contribution >= 0.6 is 0 Å². The number of likely N-dealkylation sites (tertiary alicyclic amines) is 1. The van der Waals surface area contributed by atoms with Crippen molar-refractivity contribution < 1.29 is 23.8 Å². The Labute approximate surface area is 160 Å². The van der Waals surface area contributed by atoms with Crippen molar-refractivity contribution in [2.45, 2.75) is 32.2 Å². The number of ether oxygens (including phenoxy) is 3. The molecule has 150 valence electrons. The number of piperidine rings is 1. The minimum atomic E-state index is -0.278. The third kappa shape index (κ3) is 6.23. The van der Waals surface area contributed by atoms with Crippen molar-refractivity contribution in [3.63, 3.8) is 0 Å². The van der Waals surface area contributed by atoms with Crippen molar-refractivity contribution in [3.05, 3.63) is 18.2 Å². The second-order valence-corrected chi connectivity index (χ2v) is 6.27. The molecular weight excluding hydrogens is 350 g/mol. The monoisotopic (exact) mass is 379 g/mol. The number of carbonyl (C=O) groups excluding carboxylic acids is 2. The molecule has 1 fully saturated rings. The zero-order chi connectivity index (χ0) is 19.6. The van der Waals surface area contributed by atoms with Crippen LogP contribution in [0.15, 0.2) is 18.2 Å². The maximum Gasteiger partial charge on any atom is 0.409 e. The molecule has 0 aromatic heterocycles. The van der Waals surface area contributed by atoms with Crippen molar-refractivity contribution in [2.75, 3.05) is 45.8 Å². The van der Waals surface area contributed by atoms with Gasteiger partial charge in [0.25, 0.3) is 0 Å². The average molecular weight is 379 g/mol. The summed E-state index contributed by atoms with van der Waals surface area (Å²) < 4.78 is 15.5. The Balaban J connectivity index is 1.71. The van der Waals surface area contributed by atoms with E-state index >= 15 is 0 Å². The highest BCUT2D eigenvalue weighted by atomic mass is 16.6.